The van der Waals surface area contributed by atoms with E-state index < -0.39 is 10.0 Å². The first-order valence-corrected chi connectivity index (χ1v) is 7.67. The minimum Gasteiger partial charge on any atom is -0.384 e. The lowest BCUT2D eigenvalue weighted by molar-refractivity contribution is 0.248. The molecule has 2 rings (SSSR count). The van der Waals surface area contributed by atoms with Crippen LogP contribution in [-0.4, -0.2) is 25.7 Å². The Hall–Kier alpha value is -1.35. The fraction of sp³-hybridized carbons (Fsp3) is 0.429. The molecule has 2 N–H and O–H groups in total. The molecule has 0 atom stereocenters. The second kappa shape index (κ2) is 5.33. The van der Waals surface area contributed by atoms with Crippen LogP contribution in [-0.2, 0) is 10.0 Å². The largest absolute Gasteiger partial charge is 0.384 e. The van der Waals surface area contributed by atoms with Crippen LogP contribution in [0.3, 0.4) is 0 Å². The van der Waals surface area contributed by atoms with Gasteiger partial charge in [-0.2, -0.15) is 0 Å². The van der Waals surface area contributed by atoms with E-state index in [2.05, 4.69) is 16.6 Å². The molecule has 5 heteroatoms. The SMILES string of the molecule is CC1(NS(=O)(=O)c2cccc(C#CCO)c2)CCC1. The molecule has 1 aliphatic rings. The van der Waals surface area contributed by atoms with E-state index in [1.807, 2.05) is 6.92 Å². The molecule has 1 aromatic rings. The van der Waals surface area contributed by atoms with Crippen LogP contribution in [0.15, 0.2) is 29.2 Å². The van der Waals surface area contributed by atoms with Gasteiger partial charge in [0.05, 0.1) is 4.90 Å². The maximum absolute atomic E-state index is 12.3. The van der Waals surface area contributed by atoms with E-state index in [0.717, 1.165) is 19.3 Å². The molecule has 19 heavy (non-hydrogen) atoms. The summed E-state index contributed by atoms with van der Waals surface area (Å²) in [6.45, 7) is 1.68. The second-order valence-electron chi connectivity index (χ2n) is 5.01. The Balaban J connectivity index is 2.25. The minimum atomic E-state index is -3.51. The van der Waals surface area contributed by atoms with Gasteiger partial charge in [0.2, 0.25) is 10.0 Å². The summed E-state index contributed by atoms with van der Waals surface area (Å²) >= 11 is 0. The maximum Gasteiger partial charge on any atom is 0.241 e. The van der Waals surface area contributed by atoms with Gasteiger partial charge in [-0.25, -0.2) is 13.1 Å². The maximum atomic E-state index is 12.3. The molecule has 4 nitrogen and oxygen atoms in total. The molecule has 0 radical (unpaired) electrons. The van der Waals surface area contributed by atoms with E-state index in [1.54, 1.807) is 18.2 Å². The predicted molar refractivity (Wildman–Crippen MR) is 73.0 cm³/mol. The molecule has 1 fully saturated rings. The third-order valence-electron chi connectivity index (χ3n) is 3.29. The number of rotatable bonds is 3. The van der Waals surface area contributed by atoms with Gasteiger partial charge in [-0.1, -0.05) is 17.9 Å². The lowest BCUT2D eigenvalue weighted by Gasteiger charge is -2.38. The summed E-state index contributed by atoms with van der Waals surface area (Å²) in [5.41, 5.74) is 0.265. The average Bonchev–Trinajstić information content (AvgIpc) is 2.34. The van der Waals surface area contributed by atoms with Crippen LogP contribution in [0, 0.1) is 11.8 Å². The summed E-state index contributed by atoms with van der Waals surface area (Å²) in [4.78, 5) is 0.213. The first-order valence-electron chi connectivity index (χ1n) is 6.19. The Bertz CT molecular complexity index is 622. The predicted octanol–water partition coefficient (Wildman–Crippen LogP) is 1.25. The van der Waals surface area contributed by atoms with Gasteiger partial charge >= 0.3 is 0 Å². The van der Waals surface area contributed by atoms with Gasteiger partial charge in [0.25, 0.3) is 0 Å². The van der Waals surface area contributed by atoms with Crippen LogP contribution < -0.4 is 4.72 Å². The van der Waals surface area contributed by atoms with Gasteiger partial charge in [0.15, 0.2) is 0 Å². The highest BCUT2D eigenvalue weighted by atomic mass is 32.2. The van der Waals surface area contributed by atoms with Crippen LogP contribution in [0.1, 0.15) is 31.7 Å². The molecule has 0 bridgehead atoms. The fourth-order valence-corrected chi connectivity index (χ4v) is 3.59. The lowest BCUT2D eigenvalue weighted by Crippen LogP contribution is -2.50. The molecule has 0 amide bonds. The number of benzene rings is 1. The van der Waals surface area contributed by atoms with Crippen molar-refractivity contribution in [1.82, 2.24) is 4.72 Å². The van der Waals surface area contributed by atoms with Crippen molar-refractivity contribution in [2.45, 2.75) is 36.6 Å². The van der Waals surface area contributed by atoms with Gasteiger partial charge in [-0.3, -0.25) is 0 Å². The highest BCUT2D eigenvalue weighted by molar-refractivity contribution is 7.89. The van der Waals surface area contributed by atoms with E-state index in [4.69, 9.17) is 5.11 Å². The van der Waals surface area contributed by atoms with Crippen molar-refractivity contribution in [3.8, 4) is 11.8 Å². The zero-order valence-corrected chi connectivity index (χ0v) is 11.6. The Morgan fingerprint density at radius 1 is 1.42 bits per heavy atom. The van der Waals surface area contributed by atoms with Crippen molar-refractivity contribution in [2.24, 2.45) is 0 Å². The Morgan fingerprint density at radius 3 is 2.74 bits per heavy atom. The van der Waals surface area contributed by atoms with E-state index in [1.165, 1.54) is 6.07 Å². The van der Waals surface area contributed by atoms with Crippen LogP contribution in [0.5, 0.6) is 0 Å². The van der Waals surface area contributed by atoms with E-state index in [0.29, 0.717) is 5.56 Å². The zero-order chi connectivity index (χ0) is 13.9. The number of aliphatic hydroxyl groups is 1. The van der Waals surface area contributed by atoms with Gasteiger partial charge in [-0.15, -0.1) is 0 Å². The highest BCUT2D eigenvalue weighted by Crippen LogP contribution is 2.32. The lowest BCUT2D eigenvalue weighted by atomic mass is 9.80. The number of hydrogen-bond acceptors (Lipinski definition) is 3. The summed E-state index contributed by atoms with van der Waals surface area (Å²) in [5.74, 6) is 5.21. The van der Waals surface area contributed by atoms with Crippen LogP contribution in [0.4, 0.5) is 0 Å². The van der Waals surface area contributed by atoms with Crippen molar-refractivity contribution in [1.29, 1.82) is 0 Å². The monoisotopic (exact) mass is 279 g/mol. The summed E-state index contributed by atoms with van der Waals surface area (Å²) in [6.07, 6.45) is 2.80. The summed E-state index contributed by atoms with van der Waals surface area (Å²) in [6, 6.07) is 6.44. The van der Waals surface area contributed by atoms with Crippen molar-refractivity contribution in [2.75, 3.05) is 6.61 Å². The third-order valence-corrected chi connectivity index (χ3v) is 4.93. The standard InChI is InChI=1S/C14H17NO3S/c1-14(8-4-9-14)15-19(17,18)13-7-2-5-12(11-13)6-3-10-16/h2,5,7,11,15-16H,4,8-10H2,1H3. The molecule has 0 spiro atoms. The number of aliphatic hydroxyl groups excluding tert-OH is 1. The second-order valence-corrected chi connectivity index (χ2v) is 6.69. The molecule has 1 saturated carbocycles. The van der Waals surface area contributed by atoms with Crippen molar-refractivity contribution in [3.05, 3.63) is 29.8 Å². The molecule has 1 aliphatic carbocycles. The van der Waals surface area contributed by atoms with Gasteiger partial charge in [-0.05, 0) is 44.4 Å². The Kier molecular flexibility index (Phi) is 3.95. The zero-order valence-electron chi connectivity index (χ0n) is 10.8. The first-order chi connectivity index (χ1) is 8.95. The molecular weight excluding hydrogens is 262 g/mol. The van der Waals surface area contributed by atoms with E-state index >= 15 is 0 Å². The molecule has 0 aromatic heterocycles. The average molecular weight is 279 g/mol. The van der Waals surface area contributed by atoms with Crippen LogP contribution in [0.2, 0.25) is 0 Å². The topological polar surface area (TPSA) is 66.4 Å². The van der Waals surface area contributed by atoms with Gasteiger partial charge < -0.3 is 5.11 Å². The smallest absolute Gasteiger partial charge is 0.241 e. The summed E-state index contributed by atoms with van der Waals surface area (Å²) in [5, 5.41) is 8.64. The summed E-state index contributed by atoms with van der Waals surface area (Å²) < 4.78 is 27.3. The van der Waals surface area contributed by atoms with Gasteiger partial charge in [0.1, 0.15) is 6.61 Å². The quantitative estimate of drug-likeness (QED) is 0.818. The van der Waals surface area contributed by atoms with Crippen LogP contribution >= 0.6 is 0 Å². The molecule has 1 aromatic carbocycles. The minimum absolute atomic E-state index is 0.213. The third kappa shape index (κ3) is 3.35. The van der Waals surface area contributed by atoms with Crippen molar-refractivity contribution >= 4 is 10.0 Å². The summed E-state index contributed by atoms with van der Waals surface area (Å²) in [7, 11) is -3.51. The molecule has 0 aliphatic heterocycles. The number of hydrogen-bond donors (Lipinski definition) is 2. The molecular formula is C14H17NO3S. The van der Waals surface area contributed by atoms with E-state index in [-0.39, 0.29) is 17.0 Å². The van der Waals surface area contributed by atoms with Crippen molar-refractivity contribution < 1.29 is 13.5 Å². The number of nitrogens with one attached hydrogen (secondary N) is 1. The fourth-order valence-electron chi connectivity index (χ4n) is 2.08. The Morgan fingerprint density at radius 2 is 2.16 bits per heavy atom. The first kappa shape index (κ1) is 14.1. The molecule has 102 valence electrons. The molecule has 0 saturated heterocycles. The molecule has 0 heterocycles. The number of sulfonamides is 1. The van der Waals surface area contributed by atoms with Gasteiger partial charge in [0, 0.05) is 11.1 Å². The molecule has 0 unspecified atom stereocenters. The van der Waals surface area contributed by atoms with Crippen LogP contribution in [0.25, 0.3) is 0 Å². The van der Waals surface area contributed by atoms with Crippen molar-refractivity contribution in [3.63, 3.8) is 0 Å². The van der Waals surface area contributed by atoms with E-state index in [9.17, 15) is 8.42 Å². The Labute approximate surface area is 113 Å². The normalized spacial score (nSPS) is 17.2. The highest BCUT2D eigenvalue weighted by Gasteiger charge is 2.36.